The molecule has 0 saturated carbocycles. The van der Waals surface area contributed by atoms with Gasteiger partial charge in [0.1, 0.15) is 12.1 Å². The highest BCUT2D eigenvalue weighted by atomic mass is 32.2. The van der Waals surface area contributed by atoms with E-state index in [9.17, 15) is 12.8 Å². The van der Waals surface area contributed by atoms with E-state index < -0.39 is 15.7 Å². The minimum absolute atomic E-state index is 0.00476. The molecule has 2 aromatic rings. The lowest BCUT2D eigenvalue weighted by molar-refractivity contribution is 0.387. The van der Waals surface area contributed by atoms with Crippen LogP contribution in [0.15, 0.2) is 18.5 Å². The van der Waals surface area contributed by atoms with Crippen molar-refractivity contribution in [1.82, 2.24) is 9.97 Å². The maximum Gasteiger partial charge on any atom is 0.167 e. The number of methoxy groups -OCH3 is 1. The highest BCUT2D eigenvalue weighted by Crippen LogP contribution is 2.30. The van der Waals surface area contributed by atoms with E-state index in [4.69, 9.17) is 4.74 Å². The molecule has 1 saturated heterocycles. The number of rotatable bonds is 2. The summed E-state index contributed by atoms with van der Waals surface area (Å²) in [5.74, 6) is 0.485. The molecule has 2 heterocycles. The highest BCUT2D eigenvalue weighted by molar-refractivity contribution is 7.91. The molecular formula is C15H18FN3O3S. The molecule has 124 valence electrons. The summed E-state index contributed by atoms with van der Waals surface area (Å²) in [7, 11) is -1.65. The topological polar surface area (TPSA) is 72.4 Å². The molecule has 1 unspecified atom stereocenters. The zero-order chi connectivity index (χ0) is 16.6. The van der Waals surface area contributed by atoms with E-state index in [0.29, 0.717) is 29.8 Å². The lowest BCUT2D eigenvalue weighted by Crippen LogP contribution is -2.30. The lowest BCUT2D eigenvalue weighted by Gasteiger charge is -2.24. The molecule has 0 aliphatic carbocycles. The Bertz CT molecular complexity index is 841. The summed E-state index contributed by atoms with van der Waals surface area (Å²) >= 11 is 0. The van der Waals surface area contributed by atoms with Gasteiger partial charge in [0.25, 0.3) is 0 Å². The predicted octanol–water partition coefficient (Wildman–Crippen LogP) is 1.65. The van der Waals surface area contributed by atoms with E-state index in [1.165, 1.54) is 19.5 Å². The number of anilines is 1. The van der Waals surface area contributed by atoms with Gasteiger partial charge in [-0.25, -0.2) is 22.8 Å². The van der Waals surface area contributed by atoms with E-state index in [0.717, 1.165) is 0 Å². The molecule has 1 atom stereocenters. The molecule has 0 radical (unpaired) electrons. The van der Waals surface area contributed by atoms with Crippen molar-refractivity contribution in [3.05, 3.63) is 24.3 Å². The zero-order valence-electron chi connectivity index (χ0n) is 13.0. The number of benzene rings is 1. The van der Waals surface area contributed by atoms with Gasteiger partial charge in [-0.1, -0.05) is 6.92 Å². The third kappa shape index (κ3) is 3.21. The van der Waals surface area contributed by atoms with Crippen LogP contribution in [0.3, 0.4) is 0 Å². The van der Waals surface area contributed by atoms with Crippen LogP contribution in [0.1, 0.15) is 6.92 Å². The first-order valence-corrected chi connectivity index (χ1v) is 9.15. The first-order chi connectivity index (χ1) is 10.9. The van der Waals surface area contributed by atoms with Crippen molar-refractivity contribution in [2.45, 2.75) is 6.92 Å². The van der Waals surface area contributed by atoms with Crippen molar-refractivity contribution in [1.29, 1.82) is 0 Å². The van der Waals surface area contributed by atoms with Crippen LogP contribution in [0, 0.1) is 11.7 Å². The predicted molar refractivity (Wildman–Crippen MR) is 86.1 cm³/mol. The number of ether oxygens (including phenoxy) is 1. The van der Waals surface area contributed by atoms with Gasteiger partial charge in [0.05, 0.1) is 24.1 Å². The lowest BCUT2D eigenvalue weighted by atomic mass is 10.1. The third-order valence-electron chi connectivity index (χ3n) is 3.93. The van der Waals surface area contributed by atoms with E-state index in [2.05, 4.69) is 9.97 Å². The SMILES string of the molecule is COc1cc2c(N3CCS(=O)(=O)CC(C)C3)ncnc2cc1F. The van der Waals surface area contributed by atoms with Gasteiger partial charge in [-0.05, 0) is 12.0 Å². The van der Waals surface area contributed by atoms with Crippen LogP contribution in [0.2, 0.25) is 0 Å². The van der Waals surface area contributed by atoms with Crippen LogP contribution >= 0.6 is 0 Å². The van der Waals surface area contributed by atoms with Gasteiger partial charge in [-0.2, -0.15) is 0 Å². The standard InChI is InChI=1S/C15H18FN3O3S/c1-10-7-19(3-4-23(20,21)8-10)15-11-5-14(22-2)12(16)6-13(11)17-9-18-15/h5-6,9-10H,3-4,7-8H2,1-2H3. The molecule has 1 aromatic carbocycles. The molecule has 0 N–H and O–H groups in total. The summed E-state index contributed by atoms with van der Waals surface area (Å²) in [5, 5.41) is 0.650. The van der Waals surface area contributed by atoms with Crippen molar-refractivity contribution in [2.24, 2.45) is 5.92 Å². The Kier molecular flexibility index (Phi) is 4.09. The van der Waals surface area contributed by atoms with Gasteiger partial charge in [0, 0.05) is 24.5 Å². The number of nitrogens with zero attached hydrogens (tertiary/aromatic N) is 3. The Morgan fingerprint density at radius 3 is 2.87 bits per heavy atom. The maximum atomic E-state index is 13.8. The Morgan fingerprint density at radius 1 is 1.35 bits per heavy atom. The number of halogens is 1. The van der Waals surface area contributed by atoms with Crippen molar-refractivity contribution in [3.8, 4) is 5.75 Å². The van der Waals surface area contributed by atoms with Crippen LogP contribution in [-0.2, 0) is 9.84 Å². The molecular weight excluding hydrogens is 321 g/mol. The fourth-order valence-corrected chi connectivity index (χ4v) is 4.57. The van der Waals surface area contributed by atoms with Crippen molar-refractivity contribution >= 4 is 26.6 Å². The average molecular weight is 339 g/mol. The highest BCUT2D eigenvalue weighted by Gasteiger charge is 2.26. The Morgan fingerprint density at radius 2 is 2.13 bits per heavy atom. The van der Waals surface area contributed by atoms with Crippen LogP contribution in [0.4, 0.5) is 10.2 Å². The fraction of sp³-hybridized carbons (Fsp3) is 0.467. The van der Waals surface area contributed by atoms with Gasteiger partial charge in [0.2, 0.25) is 0 Å². The summed E-state index contributed by atoms with van der Waals surface area (Å²) in [4.78, 5) is 10.3. The van der Waals surface area contributed by atoms with Crippen molar-refractivity contribution in [3.63, 3.8) is 0 Å². The first-order valence-electron chi connectivity index (χ1n) is 7.33. The first kappa shape index (κ1) is 15.9. The Balaban J connectivity index is 2.08. The second-order valence-electron chi connectivity index (χ2n) is 5.87. The molecule has 1 fully saturated rings. The molecule has 6 nitrogen and oxygen atoms in total. The number of hydrogen-bond donors (Lipinski definition) is 0. The molecule has 1 aliphatic heterocycles. The molecule has 3 rings (SSSR count). The van der Waals surface area contributed by atoms with Crippen LogP contribution in [0.25, 0.3) is 10.9 Å². The molecule has 8 heteroatoms. The van der Waals surface area contributed by atoms with E-state index >= 15 is 0 Å². The van der Waals surface area contributed by atoms with E-state index in [1.54, 1.807) is 6.07 Å². The van der Waals surface area contributed by atoms with Gasteiger partial charge in [-0.15, -0.1) is 0 Å². The van der Waals surface area contributed by atoms with Crippen molar-refractivity contribution < 1.29 is 17.5 Å². The normalized spacial score (nSPS) is 21.2. The van der Waals surface area contributed by atoms with Gasteiger partial charge < -0.3 is 9.64 Å². The van der Waals surface area contributed by atoms with E-state index in [-0.39, 0.29) is 23.2 Å². The van der Waals surface area contributed by atoms with Gasteiger partial charge >= 0.3 is 0 Å². The molecule has 0 bridgehead atoms. The average Bonchev–Trinajstić information content (AvgIpc) is 2.62. The Hall–Kier alpha value is -1.96. The molecule has 0 spiro atoms. The number of sulfone groups is 1. The third-order valence-corrected chi connectivity index (χ3v) is 5.81. The number of aromatic nitrogens is 2. The van der Waals surface area contributed by atoms with E-state index in [1.807, 2.05) is 11.8 Å². The smallest absolute Gasteiger partial charge is 0.167 e. The number of fused-ring (bicyclic) bond motifs is 1. The van der Waals surface area contributed by atoms with Gasteiger partial charge in [0.15, 0.2) is 21.4 Å². The summed E-state index contributed by atoms with van der Waals surface area (Å²) in [6, 6.07) is 2.86. The second kappa shape index (κ2) is 5.92. The molecule has 0 amide bonds. The minimum Gasteiger partial charge on any atom is -0.494 e. The fourth-order valence-electron chi connectivity index (χ4n) is 2.93. The van der Waals surface area contributed by atoms with Crippen LogP contribution < -0.4 is 9.64 Å². The molecule has 1 aliphatic rings. The number of hydrogen-bond acceptors (Lipinski definition) is 6. The summed E-state index contributed by atoms with van der Waals surface area (Å²) in [6.45, 7) is 2.84. The monoisotopic (exact) mass is 339 g/mol. The Labute approximate surface area is 134 Å². The summed E-state index contributed by atoms with van der Waals surface area (Å²) in [5.41, 5.74) is 0.466. The molecule has 1 aromatic heterocycles. The quantitative estimate of drug-likeness (QED) is 0.828. The van der Waals surface area contributed by atoms with Crippen LogP contribution in [0.5, 0.6) is 5.75 Å². The largest absolute Gasteiger partial charge is 0.494 e. The maximum absolute atomic E-state index is 13.8. The second-order valence-corrected chi connectivity index (χ2v) is 8.10. The minimum atomic E-state index is -3.05. The van der Waals surface area contributed by atoms with Crippen LogP contribution in [-0.4, -0.2) is 50.1 Å². The van der Waals surface area contributed by atoms with Crippen molar-refractivity contribution in [2.75, 3.05) is 36.6 Å². The zero-order valence-corrected chi connectivity index (χ0v) is 13.8. The summed E-state index contributed by atoms with van der Waals surface area (Å²) in [6.07, 6.45) is 1.37. The molecule has 23 heavy (non-hydrogen) atoms. The summed E-state index contributed by atoms with van der Waals surface area (Å²) < 4.78 is 42.7. The van der Waals surface area contributed by atoms with Gasteiger partial charge in [-0.3, -0.25) is 0 Å².